The molecule has 1 N–H and O–H groups in total. The number of hydrogen-bond acceptors (Lipinski definition) is 6. The second-order valence-corrected chi connectivity index (χ2v) is 12.4. The van der Waals surface area contributed by atoms with Crippen LogP contribution < -0.4 is 14.5 Å². The molecule has 0 bridgehead atoms. The summed E-state index contributed by atoms with van der Waals surface area (Å²) in [5.74, 6) is -1.83. The smallest absolute Gasteiger partial charge is 0.253 e. The van der Waals surface area contributed by atoms with Crippen LogP contribution in [0.3, 0.4) is 0 Å². The number of aliphatic hydroxyl groups excluding tert-OH is 1. The summed E-state index contributed by atoms with van der Waals surface area (Å²) >= 11 is 6.57. The molecular formula is C35H40ClN3O6. The summed E-state index contributed by atoms with van der Waals surface area (Å²) in [5, 5.41) is 9.78. The Morgan fingerprint density at radius 3 is 2.33 bits per heavy atom. The fourth-order valence-corrected chi connectivity index (χ4v) is 7.82. The molecule has 2 aromatic carbocycles. The summed E-state index contributed by atoms with van der Waals surface area (Å²) in [5.41, 5.74) is -1.19. The van der Waals surface area contributed by atoms with E-state index in [-0.39, 0.29) is 30.9 Å². The fourth-order valence-electron chi connectivity index (χ4n) is 7.58. The average molecular weight is 634 g/mol. The third kappa shape index (κ3) is 5.15. The number of fused-ring (bicyclic) bond motifs is 2. The fraction of sp³-hybridized carbons (Fsp3) is 0.457. The Morgan fingerprint density at radius 1 is 0.889 bits per heavy atom. The molecule has 0 aromatic heterocycles. The lowest BCUT2D eigenvalue weighted by Gasteiger charge is -2.38. The molecule has 6 rings (SSSR count). The number of nitrogens with zero attached hydrogens (tertiary/aromatic N) is 3. The van der Waals surface area contributed by atoms with E-state index in [0.29, 0.717) is 67.5 Å². The summed E-state index contributed by atoms with van der Waals surface area (Å²) in [4.78, 5) is 49.0. The highest BCUT2D eigenvalue weighted by Crippen LogP contribution is 2.59. The number of anilines is 2. The zero-order valence-corrected chi connectivity index (χ0v) is 26.5. The highest BCUT2D eigenvalue weighted by atomic mass is 35.5. The maximum Gasteiger partial charge on any atom is 0.253 e. The Hall–Kier alpha value is -3.66. The van der Waals surface area contributed by atoms with Crippen molar-refractivity contribution in [2.75, 3.05) is 42.6 Å². The Labute approximate surface area is 269 Å². The highest BCUT2D eigenvalue weighted by Gasteiger charge is 2.75. The molecule has 1 unspecified atom stereocenters. The van der Waals surface area contributed by atoms with Gasteiger partial charge in [0.2, 0.25) is 11.8 Å². The van der Waals surface area contributed by atoms with E-state index in [4.69, 9.17) is 21.1 Å². The van der Waals surface area contributed by atoms with Gasteiger partial charge in [0.25, 0.3) is 5.91 Å². The maximum atomic E-state index is 14.7. The van der Waals surface area contributed by atoms with E-state index in [0.717, 1.165) is 0 Å². The van der Waals surface area contributed by atoms with Gasteiger partial charge < -0.3 is 29.3 Å². The van der Waals surface area contributed by atoms with Gasteiger partial charge >= 0.3 is 0 Å². The van der Waals surface area contributed by atoms with Gasteiger partial charge in [-0.05, 0) is 69.0 Å². The van der Waals surface area contributed by atoms with E-state index in [2.05, 4.69) is 0 Å². The first-order valence-corrected chi connectivity index (χ1v) is 16.3. The third-order valence-electron chi connectivity index (χ3n) is 9.60. The van der Waals surface area contributed by atoms with Gasteiger partial charge in [0.05, 0.1) is 34.8 Å². The molecule has 4 aliphatic rings. The molecular weight excluding hydrogens is 594 g/mol. The zero-order valence-electron chi connectivity index (χ0n) is 25.7. The number of carbonyl (C=O) groups is 3. The van der Waals surface area contributed by atoms with Crippen molar-refractivity contribution in [2.24, 2.45) is 11.8 Å². The van der Waals surface area contributed by atoms with Crippen LogP contribution in [0.25, 0.3) is 0 Å². The third-order valence-corrected chi connectivity index (χ3v) is 9.92. The quantitative estimate of drug-likeness (QED) is 0.299. The Morgan fingerprint density at radius 2 is 1.62 bits per heavy atom. The molecule has 45 heavy (non-hydrogen) atoms. The standard InChI is InChI=1S/C35H40ClN3O6/c1-3-34-18-10-21-37(24-14-16-25(17-15-24)44-4-2)31(41)28(34)29-32(42)39(20-8-5-9-23-40)30-33(43)38(22-11-19-35(29,30)45-34)27-13-7-6-12-26(27)36/h6-7,10-19,28-30,40H,3-5,8-9,20-23H2,1-2H3/t28-,29-,30?,34+,35-/m0/s1. The van der Waals surface area contributed by atoms with Crippen LogP contribution in [-0.2, 0) is 19.1 Å². The number of ether oxygens (including phenoxy) is 2. The van der Waals surface area contributed by atoms with Gasteiger partial charge in [0.15, 0.2) is 0 Å². The first kappa shape index (κ1) is 31.3. The summed E-state index contributed by atoms with van der Waals surface area (Å²) in [6, 6.07) is 13.5. The van der Waals surface area contributed by atoms with E-state index in [1.54, 1.807) is 32.9 Å². The van der Waals surface area contributed by atoms with Crippen LogP contribution >= 0.6 is 11.6 Å². The van der Waals surface area contributed by atoms with Crippen molar-refractivity contribution in [2.45, 2.75) is 56.8 Å². The molecule has 1 spiro atoms. The number of amides is 3. The lowest BCUT2D eigenvalue weighted by molar-refractivity contribution is -0.145. The number of para-hydroxylation sites is 1. The molecule has 2 fully saturated rings. The minimum atomic E-state index is -1.36. The predicted molar refractivity (Wildman–Crippen MR) is 172 cm³/mol. The van der Waals surface area contributed by atoms with Crippen LogP contribution in [0.4, 0.5) is 11.4 Å². The number of halogens is 1. The zero-order chi connectivity index (χ0) is 31.8. The van der Waals surface area contributed by atoms with E-state index < -0.39 is 29.1 Å². The first-order valence-electron chi connectivity index (χ1n) is 15.9. The second-order valence-electron chi connectivity index (χ2n) is 12.0. The molecule has 0 aliphatic carbocycles. The van der Waals surface area contributed by atoms with Crippen LogP contribution in [0, 0.1) is 11.8 Å². The topological polar surface area (TPSA) is 99.6 Å². The monoisotopic (exact) mass is 633 g/mol. The SMILES string of the molecule is CCOc1ccc(N2CC=C[C@@]3(CC)O[C@]45C=CCN(c6ccccc6Cl)C(=O)C4N(CCCCCO)C(=O)[C@@H]5[C@H]3C2=O)cc1. The number of rotatable bonds is 10. The van der Waals surface area contributed by atoms with Gasteiger partial charge in [-0.3, -0.25) is 14.4 Å². The normalized spacial score (nSPS) is 29.0. The predicted octanol–water partition coefficient (Wildman–Crippen LogP) is 4.77. The van der Waals surface area contributed by atoms with Crippen molar-refractivity contribution in [1.82, 2.24) is 4.90 Å². The molecule has 2 aromatic rings. The molecule has 238 valence electrons. The first-order chi connectivity index (χ1) is 21.8. The van der Waals surface area contributed by atoms with E-state index in [9.17, 15) is 19.5 Å². The second kappa shape index (κ2) is 12.6. The van der Waals surface area contributed by atoms with E-state index >= 15 is 0 Å². The molecule has 0 saturated carbocycles. The molecule has 10 heteroatoms. The van der Waals surface area contributed by atoms with Crippen LogP contribution in [-0.4, -0.2) is 77.8 Å². The van der Waals surface area contributed by atoms with Gasteiger partial charge in [0.1, 0.15) is 17.4 Å². The number of likely N-dealkylation sites (tertiary alicyclic amines) is 1. The van der Waals surface area contributed by atoms with Gasteiger partial charge in [0, 0.05) is 31.9 Å². The van der Waals surface area contributed by atoms with Gasteiger partial charge in [-0.1, -0.05) is 55.0 Å². The summed E-state index contributed by atoms with van der Waals surface area (Å²) in [6.07, 6.45) is 9.92. The molecule has 4 heterocycles. The molecule has 5 atom stereocenters. The lowest BCUT2D eigenvalue weighted by atomic mass is 9.73. The van der Waals surface area contributed by atoms with Crippen LogP contribution in [0.15, 0.2) is 72.8 Å². The van der Waals surface area contributed by atoms with E-state index in [1.165, 1.54) is 0 Å². The minimum Gasteiger partial charge on any atom is -0.494 e. The van der Waals surface area contributed by atoms with Gasteiger partial charge in [-0.2, -0.15) is 0 Å². The molecule has 4 aliphatic heterocycles. The number of aliphatic hydroxyl groups is 1. The molecule has 9 nitrogen and oxygen atoms in total. The number of carbonyl (C=O) groups excluding carboxylic acids is 3. The van der Waals surface area contributed by atoms with Crippen molar-refractivity contribution in [3.05, 3.63) is 77.9 Å². The summed E-state index contributed by atoms with van der Waals surface area (Å²) in [6.45, 7) is 5.34. The van der Waals surface area contributed by atoms with E-state index in [1.807, 2.05) is 68.5 Å². The van der Waals surface area contributed by atoms with Crippen molar-refractivity contribution in [3.8, 4) is 5.75 Å². The molecule has 3 amide bonds. The van der Waals surface area contributed by atoms with Crippen LogP contribution in [0.2, 0.25) is 5.02 Å². The van der Waals surface area contributed by atoms with Crippen LogP contribution in [0.5, 0.6) is 5.75 Å². The Bertz CT molecular complexity index is 1510. The largest absolute Gasteiger partial charge is 0.494 e. The van der Waals surface area contributed by atoms with Crippen molar-refractivity contribution in [3.63, 3.8) is 0 Å². The summed E-state index contributed by atoms with van der Waals surface area (Å²) < 4.78 is 12.7. The highest BCUT2D eigenvalue weighted by molar-refractivity contribution is 6.34. The van der Waals surface area contributed by atoms with Crippen molar-refractivity contribution < 1.29 is 29.0 Å². The average Bonchev–Trinajstić information content (AvgIpc) is 3.33. The maximum absolute atomic E-state index is 14.7. The van der Waals surface area contributed by atoms with Gasteiger partial charge in [-0.15, -0.1) is 0 Å². The molecule has 2 saturated heterocycles. The van der Waals surface area contributed by atoms with Crippen molar-refractivity contribution >= 4 is 40.7 Å². The number of unbranched alkanes of at least 4 members (excludes halogenated alkanes) is 2. The van der Waals surface area contributed by atoms with Gasteiger partial charge in [-0.25, -0.2) is 0 Å². The Kier molecular flexibility index (Phi) is 8.78. The number of benzene rings is 2. The van der Waals surface area contributed by atoms with Crippen molar-refractivity contribution in [1.29, 1.82) is 0 Å². The molecule has 0 radical (unpaired) electrons. The summed E-state index contributed by atoms with van der Waals surface area (Å²) in [7, 11) is 0. The Balaban J connectivity index is 1.44. The number of hydrogen-bond donors (Lipinski definition) is 1. The van der Waals surface area contributed by atoms with Crippen LogP contribution in [0.1, 0.15) is 39.5 Å². The lowest BCUT2D eigenvalue weighted by Crippen LogP contribution is -2.56. The minimum absolute atomic E-state index is 0.0539.